The van der Waals surface area contributed by atoms with Crippen molar-refractivity contribution in [1.82, 2.24) is 19.4 Å². The summed E-state index contributed by atoms with van der Waals surface area (Å²) in [7, 11) is 4.32. The van der Waals surface area contributed by atoms with Crippen molar-refractivity contribution in [2.24, 2.45) is 7.05 Å². The lowest BCUT2D eigenvalue weighted by Crippen LogP contribution is -2.31. The molecule has 0 amide bonds. The van der Waals surface area contributed by atoms with Crippen LogP contribution in [-0.4, -0.2) is 50.9 Å². The van der Waals surface area contributed by atoms with Crippen LogP contribution in [0, 0.1) is 11.3 Å². The maximum absolute atomic E-state index is 9.64. The molecule has 0 bridgehead atoms. The van der Waals surface area contributed by atoms with Crippen molar-refractivity contribution in [2.45, 2.75) is 37.4 Å². The third kappa shape index (κ3) is 4.35. The van der Waals surface area contributed by atoms with Crippen molar-refractivity contribution in [3.8, 4) is 28.7 Å². The monoisotopic (exact) mass is 582 g/mol. The number of nitrogens with zero attached hydrogens (tertiary/aromatic N) is 6. The molecule has 2 aliphatic heterocycles. The van der Waals surface area contributed by atoms with Gasteiger partial charge in [0.05, 0.1) is 30.0 Å². The Morgan fingerprint density at radius 2 is 1.95 bits per heavy atom. The van der Waals surface area contributed by atoms with Crippen LogP contribution in [0.4, 0.5) is 5.95 Å². The molecule has 7 rings (SSSR count). The predicted octanol–water partition coefficient (Wildman–Crippen LogP) is 5.59. The molecule has 3 aromatic heterocycles. The Hall–Kier alpha value is -3.62. The van der Waals surface area contributed by atoms with E-state index in [0.717, 1.165) is 55.4 Å². The molecule has 0 unspecified atom stereocenters. The first-order valence-electron chi connectivity index (χ1n) is 13.7. The van der Waals surface area contributed by atoms with Crippen LogP contribution in [0.3, 0.4) is 0 Å². The fourth-order valence-corrected chi connectivity index (χ4v) is 8.06. The van der Waals surface area contributed by atoms with E-state index in [4.69, 9.17) is 14.4 Å². The second kappa shape index (κ2) is 10.3. The van der Waals surface area contributed by atoms with E-state index >= 15 is 0 Å². The lowest BCUT2D eigenvalue weighted by atomic mass is 9.96. The van der Waals surface area contributed by atoms with Crippen LogP contribution in [-0.2, 0) is 39.6 Å². The van der Waals surface area contributed by atoms with Crippen LogP contribution < -0.4 is 4.90 Å². The van der Waals surface area contributed by atoms with E-state index in [9.17, 15) is 10.4 Å². The topological polar surface area (TPSA) is 94.4 Å². The normalized spacial score (nSPS) is 15.2. The van der Waals surface area contributed by atoms with Crippen LogP contribution in [0.25, 0.3) is 33.7 Å². The predicted molar refractivity (Wildman–Crippen MR) is 163 cm³/mol. The van der Waals surface area contributed by atoms with E-state index in [-0.39, 0.29) is 6.61 Å². The lowest BCUT2D eigenvalue weighted by Gasteiger charge is -2.28. The molecule has 5 heterocycles. The molecule has 0 saturated carbocycles. The molecule has 0 radical (unpaired) electrons. The van der Waals surface area contributed by atoms with E-state index < -0.39 is 0 Å². The molecular weight excluding hydrogens is 553 g/mol. The number of oxazole rings is 1. The van der Waals surface area contributed by atoms with Crippen molar-refractivity contribution in [3.05, 3.63) is 68.7 Å². The standard InChI is InChI=1S/C31H30N6O2S2/c1-35-9-8-26-25(14-35)34-31(36(26)2)37-10-7-20-23(17-41-27(20)15-37)21-5-4-6-22(29(21)40-3)30-33-24-12-18(16-38)11-19(13-32)28(24)39-30/h4-6,11-12,17,38H,7-10,14-16H2,1-3H3. The summed E-state index contributed by atoms with van der Waals surface area (Å²) in [5.74, 6) is 1.56. The molecule has 1 N–H and O–H groups in total. The number of nitriles is 1. The molecule has 0 atom stereocenters. The van der Waals surface area contributed by atoms with Gasteiger partial charge in [0.15, 0.2) is 5.58 Å². The van der Waals surface area contributed by atoms with Crippen LogP contribution in [0.1, 0.15) is 33.0 Å². The number of fused-ring (bicyclic) bond motifs is 3. The summed E-state index contributed by atoms with van der Waals surface area (Å²) < 4.78 is 8.48. The van der Waals surface area contributed by atoms with E-state index in [1.165, 1.54) is 33.0 Å². The Bertz CT molecular complexity index is 1850. The third-order valence-electron chi connectivity index (χ3n) is 8.25. The molecular formula is C31H30N6O2S2. The number of rotatable bonds is 5. The number of thioether (sulfide) groups is 1. The van der Waals surface area contributed by atoms with E-state index in [1.807, 2.05) is 17.4 Å². The van der Waals surface area contributed by atoms with Gasteiger partial charge in [-0.15, -0.1) is 23.1 Å². The first-order chi connectivity index (χ1) is 20.0. The van der Waals surface area contributed by atoms with Crippen LogP contribution >= 0.6 is 23.1 Å². The number of hydrogen-bond donors (Lipinski definition) is 1. The van der Waals surface area contributed by atoms with Gasteiger partial charge in [0.25, 0.3) is 0 Å². The lowest BCUT2D eigenvalue weighted by molar-refractivity contribution is 0.282. The molecule has 0 spiro atoms. The Labute approximate surface area is 246 Å². The molecule has 2 aromatic carbocycles. The Balaban J connectivity index is 1.24. The van der Waals surface area contributed by atoms with Crippen molar-refractivity contribution in [3.63, 3.8) is 0 Å². The van der Waals surface area contributed by atoms with Gasteiger partial charge in [0.1, 0.15) is 11.6 Å². The van der Waals surface area contributed by atoms with Gasteiger partial charge in [-0.05, 0) is 65.6 Å². The number of imidazole rings is 1. The molecule has 5 aromatic rings. The van der Waals surface area contributed by atoms with Gasteiger partial charge < -0.3 is 23.9 Å². The smallest absolute Gasteiger partial charge is 0.228 e. The highest BCUT2D eigenvalue weighted by Crippen LogP contribution is 2.44. The average Bonchev–Trinajstić information content (AvgIpc) is 3.70. The number of thiophene rings is 1. The van der Waals surface area contributed by atoms with Gasteiger partial charge in [-0.3, -0.25) is 0 Å². The number of hydrogen-bond acceptors (Lipinski definition) is 9. The van der Waals surface area contributed by atoms with Crippen molar-refractivity contribution >= 4 is 40.1 Å². The average molecular weight is 583 g/mol. The van der Waals surface area contributed by atoms with Crippen molar-refractivity contribution in [2.75, 3.05) is 31.3 Å². The quantitative estimate of drug-likeness (QED) is 0.268. The first kappa shape index (κ1) is 26.3. The molecule has 0 aliphatic carbocycles. The summed E-state index contributed by atoms with van der Waals surface area (Å²) in [6, 6.07) is 11.9. The van der Waals surface area contributed by atoms with Crippen LogP contribution in [0.2, 0.25) is 0 Å². The number of aliphatic hydroxyl groups excluding tert-OH is 1. The summed E-state index contributed by atoms with van der Waals surface area (Å²) in [6.07, 6.45) is 4.09. The van der Waals surface area contributed by atoms with Gasteiger partial charge >= 0.3 is 0 Å². The summed E-state index contributed by atoms with van der Waals surface area (Å²) in [6.45, 7) is 3.63. The molecule has 8 nitrogen and oxygen atoms in total. The van der Waals surface area contributed by atoms with Gasteiger partial charge in [0.2, 0.25) is 11.8 Å². The number of likely N-dealkylation sites (N-methyl/N-ethyl adjacent to an activating group) is 1. The minimum absolute atomic E-state index is 0.154. The highest BCUT2D eigenvalue weighted by atomic mass is 32.2. The molecule has 0 fully saturated rings. The van der Waals surface area contributed by atoms with Crippen LogP contribution in [0.5, 0.6) is 0 Å². The SMILES string of the molecule is CSc1c(-c2nc3cc(CO)cc(C#N)c3o2)cccc1-c1csc2c1CCN(c1nc3c(n1C)CCN(C)C3)C2. The van der Waals surface area contributed by atoms with E-state index in [1.54, 1.807) is 23.9 Å². The molecule has 208 valence electrons. The van der Waals surface area contributed by atoms with Crippen molar-refractivity contribution in [1.29, 1.82) is 5.26 Å². The molecule has 2 aliphatic rings. The maximum atomic E-state index is 9.64. The maximum Gasteiger partial charge on any atom is 0.228 e. The van der Waals surface area contributed by atoms with Gasteiger partial charge in [-0.25, -0.2) is 9.97 Å². The number of aromatic nitrogens is 3. The van der Waals surface area contributed by atoms with Gasteiger partial charge in [-0.1, -0.05) is 12.1 Å². The number of aliphatic hydroxyl groups is 1. The zero-order valence-corrected chi connectivity index (χ0v) is 24.9. The van der Waals surface area contributed by atoms with E-state index in [0.29, 0.717) is 28.1 Å². The Kier molecular flexibility index (Phi) is 6.63. The molecule has 41 heavy (non-hydrogen) atoms. The summed E-state index contributed by atoms with van der Waals surface area (Å²) >= 11 is 3.51. The number of anilines is 1. The minimum Gasteiger partial charge on any atom is -0.435 e. The van der Waals surface area contributed by atoms with Gasteiger partial charge in [-0.2, -0.15) is 5.26 Å². The second-order valence-corrected chi connectivity index (χ2v) is 12.5. The molecule has 10 heteroatoms. The zero-order chi connectivity index (χ0) is 28.2. The highest BCUT2D eigenvalue weighted by molar-refractivity contribution is 7.98. The van der Waals surface area contributed by atoms with Crippen LogP contribution in [0.15, 0.2) is 45.0 Å². The second-order valence-electron chi connectivity index (χ2n) is 10.7. The van der Waals surface area contributed by atoms with Gasteiger partial charge in [0, 0.05) is 48.6 Å². The summed E-state index contributed by atoms with van der Waals surface area (Å²) in [5.41, 5.74) is 9.40. The minimum atomic E-state index is -0.154. The zero-order valence-electron chi connectivity index (χ0n) is 23.3. The fourth-order valence-electron chi connectivity index (χ4n) is 6.17. The third-order valence-corrected chi connectivity index (χ3v) is 10.1. The Morgan fingerprint density at radius 1 is 1.10 bits per heavy atom. The Morgan fingerprint density at radius 3 is 2.76 bits per heavy atom. The summed E-state index contributed by atoms with van der Waals surface area (Å²) in [5, 5.41) is 21.6. The molecule has 0 saturated heterocycles. The van der Waals surface area contributed by atoms with Crippen molar-refractivity contribution < 1.29 is 9.52 Å². The number of benzene rings is 2. The largest absolute Gasteiger partial charge is 0.435 e. The first-order valence-corrected chi connectivity index (χ1v) is 15.8. The highest BCUT2D eigenvalue weighted by Gasteiger charge is 2.28. The van der Waals surface area contributed by atoms with E-state index in [2.05, 4.69) is 58.3 Å². The fraction of sp³-hybridized carbons (Fsp3) is 0.323. The summed E-state index contributed by atoms with van der Waals surface area (Å²) in [4.78, 5) is 17.1.